The van der Waals surface area contributed by atoms with Crippen molar-refractivity contribution < 1.29 is 9.59 Å². The van der Waals surface area contributed by atoms with Gasteiger partial charge < -0.3 is 4.90 Å². The van der Waals surface area contributed by atoms with E-state index in [1.807, 2.05) is 0 Å². The third-order valence-electron chi connectivity index (χ3n) is 2.52. The minimum Gasteiger partial charge on any atom is -0.331 e. The second-order valence-electron chi connectivity index (χ2n) is 3.58. The Hall–Kier alpha value is -1.26. The standard InChI is InChI=1S/C9H14N2O3/c1-6(10-14)9(13)11-5-3-4-8(11)7(2)12/h6,8H,3-5H2,1-2H3. The molecule has 0 aromatic carbocycles. The van der Waals surface area contributed by atoms with Crippen molar-refractivity contribution in [3.8, 4) is 0 Å². The predicted molar refractivity (Wildman–Crippen MR) is 50.7 cm³/mol. The van der Waals surface area contributed by atoms with Crippen molar-refractivity contribution in [2.75, 3.05) is 6.54 Å². The zero-order chi connectivity index (χ0) is 10.7. The topological polar surface area (TPSA) is 66.8 Å². The highest BCUT2D eigenvalue weighted by Crippen LogP contribution is 2.19. The third kappa shape index (κ3) is 1.97. The molecule has 5 heteroatoms. The molecule has 0 bridgehead atoms. The van der Waals surface area contributed by atoms with Crippen LogP contribution in [0.15, 0.2) is 5.18 Å². The van der Waals surface area contributed by atoms with Crippen LogP contribution in [0.5, 0.6) is 0 Å². The molecule has 14 heavy (non-hydrogen) atoms. The van der Waals surface area contributed by atoms with Gasteiger partial charge in [-0.1, -0.05) is 5.18 Å². The molecule has 2 unspecified atom stereocenters. The van der Waals surface area contributed by atoms with Gasteiger partial charge in [0.1, 0.15) is 0 Å². The minimum absolute atomic E-state index is 0.0195. The Bertz CT molecular complexity index is 265. The number of hydrogen-bond donors (Lipinski definition) is 0. The second-order valence-corrected chi connectivity index (χ2v) is 3.58. The first-order valence-electron chi connectivity index (χ1n) is 4.71. The van der Waals surface area contributed by atoms with E-state index in [1.165, 1.54) is 18.7 Å². The molecule has 0 aromatic heterocycles. The lowest BCUT2D eigenvalue weighted by atomic mass is 10.1. The van der Waals surface area contributed by atoms with Crippen molar-refractivity contribution >= 4 is 11.7 Å². The maximum Gasteiger partial charge on any atom is 0.251 e. The number of nitroso groups, excluding NO2 is 1. The normalized spacial score (nSPS) is 23.3. The number of ketones is 1. The fourth-order valence-electron chi connectivity index (χ4n) is 1.74. The lowest BCUT2D eigenvalue weighted by Gasteiger charge is -2.23. The van der Waals surface area contributed by atoms with Crippen LogP contribution >= 0.6 is 0 Å². The van der Waals surface area contributed by atoms with E-state index in [0.717, 1.165) is 6.42 Å². The molecule has 0 spiro atoms. The van der Waals surface area contributed by atoms with Crippen molar-refractivity contribution in [1.82, 2.24) is 4.90 Å². The number of rotatable bonds is 3. The first-order valence-corrected chi connectivity index (χ1v) is 4.71. The molecular weight excluding hydrogens is 184 g/mol. The molecule has 1 aliphatic rings. The van der Waals surface area contributed by atoms with Crippen LogP contribution in [-0.4, -0.2) is 35.2 Å². The second kappa shape index (κ2) is 4.30. The van der Waals surface area contributed by atoms with E-state index < -0.39 is 6.04 Å². The monoisotopic (exact) mass is 198 g/mol. The van der Waals surface area contributed by atoms with Crippen molar-refractivity contribution in [2.45, 2.75) is 38.8 Å². The third-order valence-corrected chi connectivity index (χ3v) is 2.52. The molecule has 0 radical (unpaired) electrons. The summed E-state index contributed by atoms with van der Waals surface area (Å²) in [5.74, 6) is -0.355. The van der Waals surface area contributed by atoms with Gasteiger partial charge in [0.15, 0.2) is 11.8 Å². The van der Waals surface area contributed by atoms with Crippen LogP contribution in [0, 0.1) is 4.91 Å². The van der Waals surface area contributed by atoms with E-state index in [1.54, 1.807) is 0 Å². The van der Waals surface area contributed by atoms with Gasteiger partial charge in [-0.05, 0) is 26.7 Å². The van der Waals surface area contributed by atoms with Crippen LogP contribution in [0.3, 0.4) is 0 Å². The summed E-state index contributed by atoms with van der Waals surface area (Å²) in [6.07, 6.45) is 1.52. The molecule has 78 valence electrons. The molecule has 1 heterocycles. The lowest BCUT2D eigenvalue weighted by molar-refractivity contribution is -0.137. The highest BCUT2D eigenvalue weighted by atomic mass is 16.3. The molecule has 1 amide bonds. The molecule has 0 aliphatic carbocycles. The van der Waals surface area contributed by atoms with Gasteiger partial charge in [0, 0.05) is 6.54 Å². The average molecular weight is 198 g/mol. The van der Waals surface area contributed by atoms with Crippen LogP contribution in [0.25, 0.3) is 0 Å². The first kappa shape index (κ1) is 10.8. The maximum absolute atomic E-state index is 11.6. The van der Waals surface area contributed by atoms with E-state index >= 15 is 0 Å². The van der Waals surface area contributed by atoms with Crippen LogP contribution < -0.4 is 0 Å². The van der Waals surface area contributed by atoms with E-state index in [2.05, 4.69) is 5.18 Å². The van der Waals surface area contributed by atoms with E-state index in [9.17, 15) is 14.5 Å². The summed E-state index contributed by atoms with van der Waals surface area (Å²) in [5, 5.41) is 2.67. The number of hydrogen-bond acceptors (Lipinski definition) is 4. The molecule has 0 saturated carbocycles. The summed E-state index contributed by atoms with van der Waals surface area (Å²) in [7, 11) is 0. The highest BCUT2D eigenvalue weighted by Gasteiger charge is 2.34. The Labute approximate surface area is 82.4 Å². The first-order chi connectivity index (χ1) is 6.57. The average Bonchev–Trinajstić information content (AvgIpc) is 2.63. The largest absolute Gasteiger partial charge is 0.331 e. The van der Waals surface area contributed by atoms with E-state index in [0.29, 0.717) is 13.0 Å². The van der Waals surface area contributed by atoms with Crippen molar-refractivity contribution in [2.24, 2.45) is 5.18 Å². The zero-order valence-electron chi connectivity index (χ0n) is 8.40. The van der Waals surface area contributed by atoms with E-state index in [4.69, 9.17) is 0 Å². The van der Waals surface area contributed by atoms with Crippen molar-refractivity contribution in [3.05, 3.63) is 4.91 Å². The smallest absolute Gasteiger partial charge is 0.251 e. The lowest BCUT2D eigenvalue weighted by Crippen LogP contribution is -2.43. The molecular formula is C9H14N2O3. The fraction of sp³-hybridized carbons (Fsp3) is 0.778. The summed E-state index contributed by atoms with van der Waals surface area (Å²) >= 11 is 0. The van der Waals surface area contributed by atoms with Crippen LogP contribution in [0.1, 0.15) is 26.7 Å². The minimum atomic E-state index is -0.880. The van der Waals surface area contributed by atoms with Gasteiger partial charge in [0.05, 0.1) is 6.04 Å². The summed E-state index contributed by atoms with van der Waals surface area (Å²) in [4.78, 5) is 34.4. The number of carbonyl (C=O) groups is 2. The molecule has 2 atom stereocenters. The molecule has 1 fully saturated rings. The zero-order valence-corrected chi connectivity index (χ0v) is 8.40. The van der Waals surface area contributed by atoms with Gasteiger partial charge in [0.25, 0.3) is 5.91 Å². The Morgan fingerprint density at radius 1 is 1.50 bits per heavy atom. The number of amides is 1. The number of Topliss-reactive ketones (excluding diaryl/α,β-unsaturated/α-hetero) is 1. The van der Waals surface area contributed by atoms with E-state index in [-0.39, 0.29) is 17.7 Å². The van der Waals surface area contributed by atoms with Crippen molar-refractivity contribution in [1.29, 1.82) is 0 Å². The molecule has 1 aliphatic heterocycles. The molecule has 0 aromatic rings. The summed E-state index contributed by atoms with van der Waals surface area (Å²) in [6.45, 7) is 3.48. The summed E-state index contributed by atoms with van der Waals surface area (Å²) < 4.78 is 0. The highest BCUT2D eigenvalue weighted by molar-refractivity contribution is 5.90. The quantitative estimate of drug-likeness (QED) is 0.627. The van der Waals surface area contributed by atoms with Crippen LogP contribution in [0.4, 0.5) is 0 Å². The Balaban J connectivity index is 2.71. The SMILES string of the molecule is CC(=O)C1CCCN1C(=O)C(C)N=O. The molecule has 5 nitrogen and oxygen atoms in total. The molecule has 1 rings (SSSR count). The fourth-order valence-corrected chi connectivity index (χ4v) is 1.74. The van der Waals surface area contributed by atoms with Gasteiger partial charge in [-0.2, -0.15) is 0 Å². The summed E-state index contributed by atoms with van der Waals surface area (Å²) in [6, 6.07) is -1.22. The molecule has 1 saturated heterocycles. The van der Waals surface area contributed by atoms with Crippen LogP contribution in [0.2, 0.25) is 0 Å². The predicted octanol–water partition coefficient (Wildman–Crippen LogP) is 0.721. The Morgan fingerprint density at radius 3 is 2.64 bits per heavy atom. The molecule has 0 N–H and O–H groups in total. The summed E-state index contributed by atoms with van der Waals surface area (Å²) in [5.41, 5.74) is 0. The number of nitrogens with zero attached hydrogens (tertiary/aromatic N) is 2. The Kier molecular flexibility index (Phi) is 3.33. The maximum atomic E-state index is 11.6. The number of carbonyl (C=O) groups excluding carboxylic acids is 2. The van der Waals surface area contributed by atoms with Gasteiger partial charge >= 0.3 is 0 Å². The number of likely N-dealkylation sites (tertiary alicyclic amines) is 1. The van der Waals surface area contributed by atoms with Gasteiger partial charge in [-0.25, -0.2) is 0 Å². The van der Waals surface area contributed by atoms with Gasteiger partial charge in [0.2, 0.25) is 0 Å². The van der Waals surface area contributed by atoms with Gasteiger partial charge in [-0.15, -0.1) is 4.91 Å². The van der Waals surface area contributed by atoms with Gasteiger partial charge in [-0.3, -0.25) is 9.59 Å². The van der Waals surface area contributed by atoms with Crippen molar-refractivity contribution in [3.63, 3.8) is 0 Å². The van der Waals surface area contributed by atoms with Crippen LogP contribution in [-0.2, 0) is 9.59 Å². The Morgan fingerprint density at radius 2 is 2.14 bits per heavy atom.